The molecular formula is C15H24N2. The molecule has 0 saturated heterocycles. The van der Waals surface area contributed by atoms with Gasteiger partial charge in [-0.05, 0) is 36.8 Å². The van der Waals surface area contributed by atoms with Crippen LogP contribution in [0.2, 0.25) is 0 Å². The molecule has 1 unspecified atom stereocenters. The van der Waals surface area contributed by atoms with E-state index in [1.807, 2.05) is 0 Å². The van der Waals surface area contributed by atoms with Gasteiger partial charge in [-0.25, -0.2) is 0 Å². The topological polar surface area (TPSA) is 29.3 Å². The fourth-order valence-corrected chi connectivity index (χ4v) is 2.62. The van der Waals surface area contributed by atoms with E-state index in [-0.39, 0.29) is 0 Å². The molecule has 1 aromatic carbocycles. The molecule has 0 bridgehead atoms. The van der Waals surface area contributed by atoms with Gasteiger partial charge in [0.05, 0.1) is 0 Å². The van der Waals surface area contributed by atoms with Crippen molar-refractivity contribution in [2.75, 3.05) is 18.0 Å². The minimum absolute atomic E-state index is 0.295. The molecule has 2 rings (SSSR count). The van der Waals surface area contributed by atoms with Crippen molar-refractivity contribution in [2.45, 2.75) is 39.2 Å². The maximum atomic E-state index is 6.13. The van der Waals surface area contributed by atoms with Gasteiger partial charge < -0.3 is 10.6 Å². The molecule has 2 nitrogen and oxygen atoms in total. The molecule has 94 valence electrons. The van der Waals surface area contributed by atoms with Crippen molar-refractivity contribution >= 4 is 5.69 Å². The third-order valence-corrected chi connectivity index (χ3v) is 3.48. The Hall–Kier alpha value is -1.02. The number of hydrogen-bond acceptors (Lipinski definition) is 2. The Morgan fingerprint density at radius 1 is 1.35 bits per heavy atom. The Bertz CT molecular complexity index is 360. The monoisotopic (exact) mass is 232 g/mol. The summed E-state index contributed by atoms with van der Waals surface area (Å²) in [5, 5.41) is 0. The number of fused-ring (bicyclic) bond motifs is 1. The Labute approximate surface area is 105 Å². The third kappa shape index (κ3) is 3.22. The Balaban J connectivity index is 2.02. The van der Waals surface area contributed by atoms with Gasteiger partial charge in [-0.3, -0.25) is 0 Å². The number of para-hydroxylation sites is 1. The summed E-state index contributed by atoms with van der Waals surface area (Å²) in [7, 11) is 0. The lowest BCUT2D eigenvalue weighted by Gasteiger charge is -2.34. The Kier molecular flexibility index (Phi) is 4.06. The number of nitrogens with two attached hydrogens (primary N) is 1. The van der Waals surface area contributed by atoms with Crippen LogP contribution in [0.3, 0.4) is 0 Å². The molecule has 0 spiro atoms. The van der Waals surface area contributed by atoms with Crippen molar-refractivity contribution in [3.05, 3.63) is 29.8 Å². The van der Waals surface area contributed by atoms with Gasteiger partial charge in [0.25, 0.3) is 0 Å². The van der Waals surface area contributed by atoms with E-state index in [1.54, 1.807) is 0 Å². The molecule has 0 amide bonds. The minimum Gasteiger partial charge on any atom is -0.370 e. The zero-order valence-corrected chi connectivity index (χ0v) is 11.0. The lowest BCUT2D eigenvalue weighted by Crippen LogP contribution is -2.43. The van der Waals surface area contributed by atoms with Crippen molar-refractivity contribution < 1.29 is 0 Å². The van der Waals surface area contributed by atoms with Crippen molar-refractivity contribution in [1.82, 2.24) is 0 Å². The van der Waals surface area contributed by atoms with E-state index < -0.39 is 0 Å². The van der Waals surface area contributed by atoms with Crippen molar-refractivity contribution in [2.24, 2.45) is 11.7 Å². The predicted molar refractivity (Wildman–Crippen MR) is 74.4 cm³/mol. The standard InChI is InChI=1S/C15H24N2/c1-12(2)6-5-9-17-11-14(16)10-13-7-3-4-8-15(13)17/h3-4,7-8,12,14H,5-6,9-11,16H2,1-2H3. The first-order valence-electron chi connectivity index (χ1n) is 6.75. The summed E-state index contributed by atoms with van der Waals surface area (Å²) in [5.74, 6) is 0.795. The number of nitrogens with zero attached hydrogens (tertiary/aromatic N) is 1. The second-order valence-electron chi connectivity index (χ2n) is 5.58. The first-order valence-corrected chi connectivity index (χ1v) is 6.75. The first-order chi connectivity index (χ1) is 8.16. The second-order valence-corrected chi connectivity index (χ2v) is 5.58. The van der Waals surface area contributed by atoms with Crippen LogP contribution in [-0.4, -0.2) is 19.1 Å². The van der Waals surface area contributed by atoms with Crippen molar-refractivity contribution in [1.29, 1.82) is 0 Å². The van der Waals surface area contributed by atoms with Gasteiger partial charge in [-0.2, -0.15) is 0 Å². The zero-order valence-electron chi connectivity index (χ0n) is 11.0. The predicted octanol–water partition coefficient (Wildman–Crippen LogP) is 2.81. The van der Waals surface area contributed by atoms with E-state index in [1.165, 1.54) is 24.1 Å². The van der Waals surface area contributed by atoms with Crippen LogP contribution in [0, 0.1) is 5.92 Å². The highest BCUT2D eigenvalue weighted by molar-refractivity contribution is 5.56. The maximum Gasteiger partial charge on any atom is 0.0399 e. The summed E-state index contributed by atoms with van der Waals surface area (Å²) < 4.78 is 0. The molecule has 1 atom stereocenters. The maximum absolute atomic E-state index is 6.13. The van der Waals surface area contributed by atoms with Gasteiger partial charge >= 0.3 is 0 Å². The van der Waals surface area contributed by atoms with Crippen LogP contribution < -0.4 is 10.6 Å². The molecule has 0 fully saturated rings. The normalized spacial score (nSPS) is 19.5. The quantitative estimate of drug-likeness (QED) is 0.865. The molecule has 0 saturated carbocycles. The second kappa shape index (κ2) is 5.54. The van der Waals surface area contributed by atoms with E-state index >= 15 is 0 Å². The number of hydrogen-bond donors (Lipinski definition) is 1. The molecule has 0 aliphatic carbocycles. The lowest BCUT2D eigenvalue weighted by atomic mass is 9.98. The van der Waals surface area contributed by atoms with Crippen LogP contribution in [0.15, 0.2) is 24.3 Å². The van der Waals surface area contributed by atoms with Crippen LogP contribution >= 0.6 is 0 Å². The zero-order chi connectivity index (χ0) is 12.3. The average Bonchev–Trinajstić information content (AvgIpc) is 2.28. The largest absolute Gasteiger partial charge is 0.370 e. The Morgan fingerprint density at radius 3 is 2.88 bits per heavy atom. The van der Waals surface area contributed by atoms with Gasteiger partial charge in [-0.15, -0.1) is 0 Å². The van der Waals surface area contributed by atoms with Gasteiger partial charge in [0, 0.05) is 24.8 Å². The van der Waals surface area contributed by atoms with Crippen molar-refractivity contribution in [3.63, 3.8) is 0 Å². The molecule has 0 radical (unpaired) electrons. The highest BCUT2D eigenvalue weighted by Crippen LogP contribution is 2.26. The molecule has 1 aliphatic heterocycles. The van der Waals surface area contributed by atoms with Crippen LogP contribution in [0.4, 0.5) is 5.69 Å². The van der Waals surface area contributed by atoms with Gasteiger partial charge in [0.2, 0.25) is 0 Å². The van der Waals surface area contributed by atoms with Crippen molar-refractivity contribution in [3.8, 4) is 0 Å². The van der Waals surface area contributed by atoms with E-state index in [4.69, 9.17) is 5.73 Å². The smallest absolute Gasteiger partial charge is 0.0399 e. The van der Waals surface area contributed by atoms with Gasteiger partial charge in [-0.1, -0.05) is 32.0 Å². The van der Waals surface area contributed by atoms with E-state index in [9.17, 15) is 0 Å². The highest BCUT2D eigenvalue weighted by atomic mass is 15.1. The first kappa shape index (κ1) is 12.4. The molecule has 1 aromatic rings. The Morgan fingerprint density at radius 2 is 2.12 bits per heavy atom. The molecule has 1 aliphatic rings. The molecule has 0 aromatic heterocycles. The fraction of sp³-hybridized carbons (Fsp3) is 0.600. The van der Waals surface area contributed by atoms with Gasteiger partial charge in [0.15, 0.2) is 0 Å². The molecule has 2 heteroatoms. The lowest BCUT2D eigenvalue weighted by molar-refractivity contribution is 0.529. The number of benzene rings is 1. The van der Waals surface area contributed by atoms with Crippen LogP contribution in [0.25, 0.3) is 0 Å². The summed E-state index contributed by atoms with van der Waals surface area (Å²) in [5.41, 5.74) is 8.94. The summed E-state index contributed by atoms with van der Waals surface area (Å²) >= 11 is 0. The third-order valence-electron chi connectivity index (χ3n) is 3.48. The summed E-state index contributed by atoms with van der Waals surface area (Å²) in [6.07, 6.45) is 3.59. The summed E-state index contributed by atoms with van der Waals surface area (Å²) in [6, 6.07) is 8.98. The molecule has 2 N–H and O–H groups in total. The molecule has 17 heavy (non-hydrogen) atoms. The van der Waals surface area contributed by atoms with Crippen LogP contribution in [0.5, 0.6) is 0 Å². The summed E-state index contributed by atoms with van der Waals surface area (Å²) in [6.45, 7) is 6.73. The van der Waals surface area contributed by atoms with E-state index in [2.05, 4.69) is 43.0 Å². The van der Waals surface area contributed by atoms with Gasteiger partial charge in [0.1, 0.15) is 0 Å². The summed E-state index contributed by atoms with van der Waals surface area (Å²) in [4.78, 5) is 2.46. The average molecular weight is 232 g/mol. The number of anilines is 1. The van der Waals surface area contributed by atoms with E-state index in [0.717, 1.165) is 25.4 Å². The molecular weight excluding hydrogens is 208 g/mol. The number of rotatable bonds is 4. The van der Waals surface area contributed by atoms with Crippen LogP contribution in [0.1, 0.15) is 32.3 Å². The highest BCUT2D eigenvalue weighted by Gasteiger charge is 2.20. The van der Waals surface area contributed by atoms with E-state index in [0.29, 0.717) is 6.04 Å². The molecule has 1 heterocycles. The van der Waals surface area contributed by atoms with Crippen LogP contribution in [-0.2, 0) is 6.42 Å². The SMILES string of the molecule is CC(C)CCCN1CC(N)Cc2ccccc21. The minimum atomic E-state index is 0.295. The fourth-order valence-electron chi connectivity index (χ4n) is 2.62.